The third-order valence-electron chi connectivity index (χ3n) is 6.78. The molecule has 1 N–H and O–H groups in total. The van der Waals surface area contributed by atoms with Gasteiger partial charge in [0.05, 0.1) is 34.0 Å². The summed E-state index contributed by atoms with van der Waals surface area (Å²) in [5.41, 5.74) is 0.746. The maximum absolute atomic E-state index is 13.7. The Kier molecular flexibility index (Phi) is 7.26. The molecule has 0 aromatic heterocycles. The highest BCUT2D eigenvalue weighted by molar-refractivity contribution is 6.00. The summed E-state index contributed by atoms with van der Waals surface area (Å²) in [5, 5.41) is 26.9. The molecule has 38 heavy (non-hydrogen) atoms. The van der Waals surface area contributed by atoms with E-state index in [-0.39, 0.29) is 22.5 Å². The molecule has 0 amide bonds. The Morgan fingerprint density at radius 2 is 1.42 bits per heavy atom. The Labute approximate surface area is 217 Å². The Balaban J connectivity index is 1.80. The minimum absolute atomic E-state index is 0.156. The second-order valence-electron chi connectivity index (χ2n) is 9.03. The summed E-state index contributed by atoms with van der Waals surface area (Å²) in [6.45, 7) is 5.85. The molecule has 198 valence electrons. The molecule has 0 aliphatic carbocycles. The number of fused-ring (bicyclic) bond motifs is 1. The number of hydrogen-bond donors (Lipinski definition) is 1. The molecule has 2 aromatic rings. The van der Waals surface area contributed by atoms with Gasteiger partial charge in [-0.15, -0.1) is 0 Å². The smallest absolute Gasteiger partial charge is 0.338 e. The fraction of sp³-hybridized carbons (Fsp3) is 0.308. The molecular formula is C26H26N4O8. The standard InChI is InChI=1S/C26H26N4O8/c1-14-21(25(31)37-4)24(23-19(29(33)34)10-7-11-20(23)30(35)36)22(15(2)27-14)26(32)38-16(3)28-12-17-8-5-6-9-18(17)13-28/h5-11,16,24,27H,12-13H2,1-4H3. The number of rotatable bonds is 7. The number of esters is 2. The quantitative estimate of drug-likeness (QED) is 0.322. The van der Waals surface area contributed by atoms with Crippen molar-refractivity contribution in [1.29, 1.82) is 0 Å². The number of dihydropyridines is 1. The van der Waals surface area contributed by atoms with Crippen LogP contribution in [0.5, 0.6) is 0 Å². The molecule has 2 heterocycles. The van der Waals surface area contributed by atoms with Crippen molar-refractivity contribution in [2.45, 2.75) is 46.0 Å². The first kappa shape index (κ1) is 26.5. The van der Waals surface area contributed by atoms with E-state index in [4.69, 9.17) is 9.47 Å². The van der Waals surface area contributed by atoms with Crippen LogP contribution in [-0.2, 0) is 32.2 Å². The molecule has 12 nitrogen and oxygen atoms in total. The molecule has 0 spiro atoms. The summed E-state index contributed by atoms with van der Waals surface area (Å²) < 4.78 is 10.7. The molecule has 0 saturated carbocycles. The topological polar surface area (TPSA) is 154 Å². The monoisotopic (exact) mass is 522 g/mol. The van der Waals surface area contributed by atoms with Crippen molar-refractivity contribution in [3.8, 4) is 0 Å². The normalized spacial score (nSPS) is 17.9. The maximum Gasteiger partial charge on any atom is 0.338 e. The van der Waals surface area contributed by atoms with Crippen LogP contribution in [0.15, 0.2) is 65.0 Å². The predicted molar refractivity (Wildman–Crippen MR) is 134 cm³/mol. The lowest BCUT2D eigenvalue weighted by Crippen LogP contribution is -2.37. The SMILES string of the molecule is COC(=O)C1=C(C)NC(C)=C(C(=O)OC(C)N2Cc3ccccc3C2)C1c1c([N+](=O)[O-])cccc1[N+](=O)[O-]. The van der Waals surface area contributed by atoms with Gasteiger partial charge in [0.1, 0.15) is 5.56 Å². The average molecular weight is 523 g/mol. The number of ether oxygens (including phenoxy) is 2. The summed E-state index contributed by atoms with van der Waals surface area (Å²) >= 11 is 0. The molecular weight excluding hydrogens is 496 g/mol. The van der Waals surface area contributed by atoms with Gasteiger partial charge in [0, 0.05) is 36.6 Å². The van der Waals surface area contributed by atoms with Crippen molar-refractivity contribution in [3.05, 3.63) is 102 Å². The van der Waals surface area contributed by atoms with E-state index in [9.17, 15) is 29.8 Å². The van der Waals surface area contributed by atoms with E-state index in [1.54, 1.807) is 6.92 Å². The van der Waals surface area contributed by atoms with Gasteiger partial charge < -0.3 is 14.8 Å². The van der Waals surface area contributed by atoms with Crippen molar-refractivity contribution in [1.82, 2.24) is 10.2 Å². The van der Waals surface area contributed by atoms with Crippen LogP contribution in [0.2, 0.25) is 0 Å². The van der Waals surface area contributed by atoms with Crippen LogP contribution in [-0.4, -0.2) is 40.0 Å². The van der Waals surface area contributed by atoms with Gasteiger partial charge in [-0.1, -0.05) is 24.3 Å². The van der Waals surface area contributed by atoms with E-state index in [1.165, 1.54) is 19.9 Å². The highest BCUT2D eigenvalue weighted by Gasteiger charge is 2.45. The fourth-order valence-corrected chi connectivity index (χ4v) is 5.00. The zero-order valence-corrected chi connectivity index (χ0v) is 21.2. The van der Waals surface area contributed by atoms with Crippen molar-refractivity contribution in [3.63, 3.8) is 0 Å². The second-order valence-corrected chi connectivity index (χ2v) is 9.03. The summed E-state index contributed by atoms with van der Waals surface area (Å²) in [4.78, 5) is 50.9. The Hall–Kier alpha value is -4.58. The van der Waals surface area contributed by atoms with Crippen molar-refractivity contribution >= 4 is 23.3 Å². The lowest BCUT2D eigenvalue weighted by Gasteiger charge is -2.31. The zero-order chi connectivity index (χ0) is 27.7. The third kappa shape index (κ3) is 4.73. The van der Waals surface area contributed by atoms with Gasteiger partial charge in [-0.3, -0.25) is 25.1 Å². The van der Waals surface area contributed by atoms with Gasteiger partial charge in [0.15, 0.2) is 6.23 Å². The van der Waals surface area contributed by atoms with Crippen LogP contribution >= 0.6 is 0 Å². The van der Waals surface area contributed by atoms with Crippen molar-refractivity contribution in [2.24, 2.45) is 0 Å². The number of benzene rings is 2. The van der Waals surface area contributed by atoms with Crippen molar-refractivity contribution < 1.29 is 28.9 Å². The van der Waals surface area contributed by atoms with Gasteiger partial charge in [-0.25, -0.2) is 9.59 Å². The molecule has 0 radical (unpaired) electrons. The number of hydrogen-bond acceptors (Lipinski definition) is 10. The molecule has 2 atom stereocenters. The summed E-state index contributed by atoms with van der Waals surface area (Å²) in [7, 11) is 1.11. The number of nitro benzene ring substituents is 2. The number of methoxy groups -OCH3 is 1. The van der Waals surface area contributed by atoms with Gasteiger partial charge >= 0.3 is 11.9 Å². The van der Waals surface area contributed by atoms with E-state index in [0.29, 0.717) is 13.1 Å². The largest absolute Gasteiger partial charge is 0.466 e. The second kappa shape index (κ2) is 10.4. The zero-order valence-electron chi connectivity index (χ0n) is 21.2. The number of carbonyl (C=O) groups is 2. The van der Waals surface area contributed by atoms with E-state index >= 15 is 0 Å². The Morgan fingerprint density at radius 1 is 0.921 bits per heavy atom. The first-order valence-corrected chi connectivity index (χ1v) is 11.8. The minimum Gasteiger partial charge on any atom is -0.466 e. The van der Waals surface area contributed by atoms with Crippen LogP contribution < -0.4 is 5.32 Å². The first-order chi connectivity index (χ1) is 18.0. The molecule has 12 heteroatoms. The van der Waals surface area contributed by atoms with Crippen LogP contribution in [0.3, 0.4) is 0 Å². The van der Waals surface area contributed by atoms with Gasteiger partial charge in [0.2, 0.25) is 0 Å². The molecule has 4 rings (SSSR count). The Bertz CT molecular complexity index is 1360. The highest BCUT2D eigenvalue weighted by Crippen LogP contribution is 2.46. The molecule has 2 aliphatic heterocycles. The van der Waals surface area contributed by atoms with Crippen LogP contribution in [0, 0.1) is 20.2 Å². The third-order valence-corrected chi connectivity index (χ3v) is 6.78. The lowest BCUT2D eigenvalue weighted by atomic mass is 9.79. The number of carbonyl (C=O) groups excluding carboxylic acids is 2. The molecule has 0 saturated heterocycles. The van der Waals surface area contributed by atoms with Gasteiger partial charge in [-0.2, -0.15) is 0 Å². The van der Waals surface area contributed by atoms with Crippen LogP contribution in [0.25, 0.3) is 0 Å². The van der Waals surface area contributed by atoms with Crippen LogP contribution in [0.1, 0.15) is 43.4 Å². The summed E-state index contributed by atoms with van der Waals surface area (Å²) in [6.07, 6.45) is -0.704. The molecule has 2 aromatic carbocycles. The van der Waals surface area contributed by atoms with E-state index in [2.05, 4.69) is 5.32 Å². The summed E-state index contributed by atoms with van der Waals surface area (Å²) in [6, 6.07) is 11.2. The molecule has 0 fully saturated rings. The fourth-order valence-electron chi connectivity index (χ4n) is 5.00. The van der Waals surface area contributed by atoms with E-state index < -0.39 is 50.9 Å². The maximum atomic E-state index is 13.7. The first-order valence-electron chi connectivity index (χ1n) is 11.8. The number of nitrogens with zero attached hydrogens (tertiary/aromatic N) is 3. The van der Waals surface area contributed by atoms with Crippen LogP contribution in [0.4, 0.5) is 11.4 Å². The minimum atomic E-state index is -1.49. The van der Waals surface area contributed by atoms with E-state index in [0.717, 1.165) is 30.4 Å². The molecule has 2 unspecified atom stereocenters. The number of nitrogens with one attached hydrogen (secondary N) is 1. The van der Waals surface area contributed by atoms with Gasteiger partial charge in [-0.05, 0) is 38.0 Å². The molecule has 0 bridgehead atoms. The summed E-state index contributed by atoms with van der Waals surface area (Å²) in [5.74, 6) is -3.25. The lowest BCUT2D eigenvalue weighted by molar-refractivity contribution is -0.395. The Morgan fingerprint density at radius 3 is 1.89 bits per heavy atom. The number of nitro groups is 2. The predicted octanol–water partition coefficient (Wildman–Crippen LogP) is 3.82. The highest BCUT2D eigenvalue weighted by atomic mass is 16.6. The van der Waals surface area contributed by atoms with Crippen molar-refractivity contribution in [2.75, 3.05) is 7.11 Å². The number of allylic oxidation sites excluding steroid dienone is 2. The van der Waals surface area contributed by atoms with E-state index in [1.807, 2.05) is 29.2 Å². The average Bonchev–Trinajstić information content (AvgIpc) is 3.31. The molecule has 2 aliphatic rings. The van der Waals surface area contributed by atoms with Gasteiger partial charge in [0.25, 0.3) is 11.4 Å².